The summed E-state index contributed by atoms with van der Waals surface area (Å²) in [6.07, 6.45) is 4.39. The van der Waals surface area contributed by atoms with Crippen molar-refractivity contribution in [1.82, 2.24) is 0 Å². The minimum absolute atomic E-state index is 0.169. The van der Waals surface area contributed by atoms with Gasteiger partial charge in [0.25, 0.3) is 0 Å². The average molecular weight is 246 g/mol. The zero-order valence-electron chi connectivity index (χ0n) is 11.0. The van der Waals surface area contributed by atoms with E-state index < -0.39 is 0 Å². The lowest BCUT2D eigenvalue weighted by Gasteiger charge is -2.25. The van der Waals surface area contributed by atoms with Crippen molar-refractivity contribution in [2.75, 3.05) is 5.32 Å². The Hall–Kier alpha value is -1.35. The van der Waals surface area contributed by atoms with E-state index in [1.807, 2.05) is 24.3 Å². The molecular weight excluding hydrogens is 224 g/mol. The molecule has 1 amide bonds. The largest absolute Gasteiger partial charge is 0.326 e. The molecule has 0 bridgehead atoms. The smallest absolute Gasteiger partial charge is 0.227 e. The Balaban J connectivity index is 1.90. The van der Waals surface area contributed by atoms with Gasteiger partial charge in [-0.05, 0) is 49.3 Å². The van der Waals surface area contributed by atoms with Gasteiger partial charge in [0.05, 0.1) is 0 Å². The molecule has 98 valence electrons. The fourth-order valence-electron chi connectivity index (χ4n) is 2.49. The van der Waals surface area contributed by atoms with Gasteiger partial charge >= 0.3 is 0 Å². The zero-order chi connectivity index (χ0) is 13.0. The van der Waals surface area contributed by atoms with Crippen molar-refractivity contribution in [3.05, 3.63) is 29.8 Å². The SMILES string of the molecule is CC1CCC(C(=O)Nc2ccc(CN)cc2)CC1. The lowest BCUT2D eigenvalue weighted by atomic mass is 9.82. The molecular formula is C15H22N2O. The van der Waals surface area contributed by atoms with E-state index in [4.69, 9.17) is 5.73 Å². The molecule has 3 N–H and O–H groups in total. The third-order valence-corrected chi connectivity index (χ3v) is 3.84. The molecule has 0 radical (unpaired) electrons. The molecule has 1 fully saturated rings. The van der Waals surface area contributed by atoms with Gasteiger partial charge < -0.3 is 11.1 Å². The molecule has 0 heterocycles. The minimum atomic E-state index is 0.169. The van der Waals surface area contributed by atoms with Gasteiger partial charge in [-0.2, -0.15) is 0 Å². The van der Waals surface area contributed by atoms with Gasteiger partial charge in [0, 0.05) is 18.2 Å². The molecule has 0 saturated heterocycles. The van der Waals surface area contributed by atoms with Crippen LogP contribution in [0.1, 0.15) is 38.2 Å². The minimum Gasteiger partial charge on any atom is -0.326 e. The highest BCUT2D eigenvalue weighted by Crippen LogP contribution is 2.29. The van der Waals surface area contributed by atoms with E-state index in [-0.39, 0.29) is 11.8 Å². The topological polar surface area (TPSA) is 55.1 Å². The predicted molar refractivity (Wildman–Crippen MR) is 74.1 cm³/mol. The fraction of sp³-hybridized carbons (Fsp3) is 0.533. The standard InChI is InChI=1S/C15H22N2O/c1-11-2-6-13(7-3-11)15(18)17-14-8-4-12(10-16)5-9-14/h4-5,8-9,11,13H,2-3,6-7,10,16H2,1H3,(H,17,18). The molecule has 1 aliphatic rings. The summed E-state index contributed by atoms with van der Waals surface area (Å²) in [5, 5.41) is 3.00. The first kappa shape index (κ1) is 13.1. The van der Waals surface area contributed by atoms with Gasteiger partial charge in [-0.1, -0.05) is 19.1 Å². The highest BCUT2D eigenvalue weighted by atomic mass is 16.1. The van der Waals surface area contributed by atoms with Gasteiger partial charge in [0.1, 0.15) is 0 Å². The van der Waals surface area contributed by atoms with Crippen LogP contribution in [0.4, 0.5) is 5.69 Å². The van der Waals surface area contributed by atoms with Crippen molar-refractivity contribution in [2.45, 2.75) is 39.2 Å². The molecule has 3 heteroatoms. The first-order valence-electron chi connectivity index (χ1n) is 6.79. The van der Waals surface area contributed by atoms with E-state index in [0.717, 1.165) is 30.0 Å². The zero-order valence-corrected chi connectivity index (χ0v) is 11.0. The summed E-state index contributed by atoms with van der Waals surface area (Å²) in [7, 11) is 0. The number of carbonyl (C=O) groups is 1. The first-order chi connectivity index (χ1) is 8.69. The molecule has 1 saturated carbocycles. The Morgan fingerprint density at radius 2 is 1.83 bits per heavy atom. The van der Waals surface area contributed by atoms with Crippen LogP contribution in [0, 0.1) is 11.8 Å². The first-order valence-corrected chi connectivity index (χ1v) is 6.79. The van der Waals surface area contributed by atoms with E-state index in [0.29, 0.717) is 6.54 Å². The van der Waals surface area contributed by atoms with Crippen LogP contribution in [0.3, 0.4) is 0 Å². The maximum Gasteiger partial charge on any atom is 0.227 e. The van der Waals surface area contributed by atoms with Crippen LogP contribution in [0.2, 0.25) is 0 Å². The van der Waals surface area contributed by atoms with Crippen molar-refractivity contribution in [3.63, 3.8) is 0 Å². The third-order valence-electron chi connectivity index (χ3n) is 3.84. The summed E-state index contributed by atoms with van der Waals surface area (Å²) in [5.41, 5.74) is 7.50. The molecule has 1 aliphatic carbocycles. The Morgan fingerprint density at radius 1 is 1.22 bits per heavy atom. The molecule has 1 aromatic carbocycles. The van der Waals surface area contributed by atoms with Crippen LogP contribution in [-0.4, -0.2) is 5.91 Å². The highest BCUT2D eigenvalue weighted by molar-refractivity contribution is 5.92. The van der Waals surface area contributed by atoms with E-state index in [9.17, 15) is 4.79 Å². The lowest BCUT2D eigenvalue weighted by Crippen LogP contribution is -2.26. The average Bonchev–Trinajstić information content (AvgIpc) is 2.40. The monoisotopic (exact) mass is 246 g/mol. The maximum absolute atomic E-state index is 12.1. The number of anilines is 1. The van der Waals surface area contributed by atoms with Crippen LogP contribution in [0.25, 0.3) is 0 Å². The second-order valence-corrected chi connectivity index (χ2v) is 5.35. The van der Waals surface area contributed by atoms with Crippen LogP contribution in [0.15, 0.2) is 24.3 Å². The molecule has 3 nitrogen and oxygen atoms in total. The molecule has 0 spiro atoms. The van der Waals surface area contributed by atoms with Crippen LogP contribution < -0.4 is 11.1 Å². The number of nitrogens with one attached hydrogen (secondary N) is 1. The van der Waals surface area contributed by atoms with E-state index >= 15 is 0 Å². The molecule has 0 aromatic heterocycles. The van der Waals surface area contributed by atoms with Crippen molar-refractivity contribution >= 4 is 11.6 Å². The molecule has 1 aromatic rings. The summed E-state index contributed by atoms with van der Waals surface area (Å²) in [6, 6.07) is 7.76. The van der Waals surface area contributed by atoms with Crippen molar-refractivity contribution < 1.29 is 4.79 Å². The molecule has 2 rings (SSSR count). The number of hydrogen-bond donors (Lipinski definition) is 2. The number of nitrogens with two attached hydrogens (primary N) is 1. The van der Waals surface area contributed by atoms with Gasteiger partial charge in [0.2, 0.25) is 5.91 Å². The maximum atomic E-state index is 12.1. The third kappa shape index (κ3) is 3.33. The van der Waals surface area contributed by atoms with E-state index in [2.05, 4.69) is 12.2 Å². The highest BCUT2D eigenvalue weighted by Gasteiger charge is 2.24. The van der Waals surface area contributed by atoms with Crippen LogP contribution in [-0.2, 0) is 11.3 Å². The normalized spacial score (nSPS) is 23.7. The van der Waals surface area contributed by atoms with Gasteiger partial charge in [-0.15, -0.1) is 0 Å². The number of benzene rings is 1. The van der Waals surface area contributed by atoms with Crippen molar-refractivity contribution in [2.24, 2.45) is 17.6 Å². The second-order valence-electron chi connectivity index (χ2n) is 5.35. The molecule has 0 aliphatic heterocycles. The Kier molecular flexibility index (Phi) is 4.37. The van der Waals surface area contributed by atoms with Gasteiger partial charge in [0.15, 0.2) is 0 Å². The van der Waals surface area contributed by atoms with Crippen molar-refractivity contribution in [3.8, 4) is 0 Å². The van der Waals surface area contributed by atoms with Crippen LogP contribution in [0.5, 0.6) is 0 Å². The summed E-state index contributed by atoms with van der Waals surface area (Å²) in [5.74, 6) is 1.13. The summed E-state index contributed by atoms with van der Waals surface area (Å²) >= 11 is 0. The molecule has 18 heavy (non-hydrogen) atoms. The quantitative estimate of drug-likeness (QED) is 0.861. The fourth-order valence-corrected chi connectivity index (χ4v) is 2.49. The Labute approximate surface area is 109 Å². The van der Waals surface area contributed by atoms with Gasteiger partial charge in [-0.3, -0.25) is 4.79 Å². The molecule has 0 atom stereocenters. The van der Waals surface area contributed by atoms with Crippen LogP contribution >= 0.6 is 0 Å². The molecule has 0 unspecified atom stereocenters. The van der Waals surface area contributed by atoms with E-state index in [1.165, 1.54) is 12.8 Å². The van der Waals surface area contributed by atoms with Gasteiger partial charge in [-0.25, -0.2) is 0 Å². The number of rotatable bonds is 3. The summed E-state index contributed by atoms with van der Waals surface area (Å²) in [4.78, 5) is 12.1. The number of hydrogen-bond acceptors (Lipinski definition) is 2. The summed E-state index contributed by atoms with van der Waals surface area (Å²) < 4.78 is 0. The Morgan fingerprint density at radius 3 is 2.39 bits per heavy atom. The number of carbonyl (C=O) groups excluding carboxylic acids is 1. The second kappa shape index (κ2) is 6.01. The number of amides is 1. The predicted octanol–water partition coefficient (Wildman–Crippen LogP) is 2.91. The Bertz CT molecular complexity index is 391. The summed E-state index contributed by atoms with van der Waals surface area (Å²) in [6.45, 7) is 2.80. The van der Waals surface area contributed by atoms with Crippen molar-refractivity contribution in [1.29, 1.82) is 0 Å². The lowest BCUT2D eigenvalue weighted by molar-refractivity contribution is -0.121. The van der Waals surface area contributed by atoms with E-state index in [1.54, 1.807) is 0 Å².